The van der Waals surface area contributed by atoms with Crippen LogP contribution in [0.5, 0.6) is 11.5 Å². The summed E-state index contributed by atoms with van der Waals surface area (Å²) >= 11 is 1.60. The zero-order valence-corrected chi connectivity index (χ0v) is 24.7. The van der Waals surface area contributed by atoms with Gasteiger partial charge in [0.05, 0.1) is 31.6 Å². The molecular formula is C31H38N2O6S. The van der Waals surface area contributed by atoms with Gasteiger partial charge < -0.3 is 23.9 Å². The predicted molar refractivity (Wildman–Crippen MR) is 156 cm³/mol. The number of hydrogen-bond donors (Lipinski definition) is 1. The van der Waals surface area contributed by atoms with Crippen molar-refractivity contribution in [3.63, 3.8) is 0 Å². The molecular weight excluding hydrogens is 528 g/mol. The van der Waals surface area contributed by atoms with Gasteiger partial charge in [0.15, 0.2) is 18.1 Å². The summed E-state index contributed by atoms with van der Waals surface area (Å²) in [6.45, 7) is 11.3. The van der Waals surface area contributed by atoms with Crippen LogP contribution < -0.4 is 14.8 Å². The lowest BCUT2D eigenvalue weighted by Gasteiger charge is -2.33. The van der Waals surface area contributed by atoms with E-state index in [0.29, 0.717) is 53.5 Å². The summed E-state index contributed by atoms with van der Waals surface area (Å²) in [5.74, 6) is 1.61. The van der Waals surface area contributed by atoms with Gasteiger partial charge in [0.2, 0.25) is 0 Å². The molecule has 40 heavy (non-hydrogen) atoms. The number of hydrogen-bond acceptors (Lipinski definition) is 8. The largest absolute Gasteiger partial charge is 0.490 e. The van der Waals surface area contributed by atoms with Crippen molar-refractivity contribution in [1.29, 1.82) is 0 Å². The molecule has 0 saturated carbocycles. The average Bonchev–Trinajstić information content (AvgIpc) is 3.57. The zero-order valence-electron chi connectivity index (χ0n) is 23.9. The van der Waals surface area contributed by atoms with E-state index in [0.717, 1.165) is 30.4 Å². The minimum Gasteiger partial charge on any atom is -0.490 e. The Morgan fingerprint density at radius 3 is 2.67 bits per heavy atom. The maximum absolute atomic E-state index is 13.4. The van der Waals surface area contributed by atoms with Gasteiger partial charge in [-0.15, -0.1) is 11.3 Å². The number of furan rings is 1. The Balaban J connectivity index is 1.60. The van der Waals surface area contributed by atoms with E-state index in [4.69, 9.17) is 23.6 Å². The molecule has 1 N–H and O–H groups in total. The van der Waals surface area contributed by atoms with Crippen molar-refractivity contribution in [3.05, 3.63) is 63.9 Å². The van der Waals surface area contributed by atoms with Crippen LogP contribution in [0.25, 0.3) is 0 Å². The minimum absolute atomic E-state index is 0.145. The first-order chi connectivity index (χ1) is 19.2. The van der Waals surface area contributed by atoms with Crippen molar-refractivity contribution in [2.24, 2.45) is 16.3 Å². The summed E-state index contributed by atoms with van der Waals surface area (Å²) in [6, 6.07) is 9.04. The SMILES string of the molecule is CCOC(=O)COc1ccc(C=Nc2sc3c(c2C(=O)NCc2ccco2)CC[C@@H](C(C)(C)C)C3)cc1OCC. The van der Waals surface area contributed by atoms with Gasteiger partial charge in [0.25, 0.3) is 5.91 Å². The van der Waals surface area contributed by atoms with E-state index in [1.807, 2.05) is 25.1 Å². The van der Waals surface area contributed by atoms with Crippen molar-refractivity contribution >= 4 is 34.4 Å². The fourth-order valence-corrected chi connectivity index (χ4v) is 6.04. The first kappa shape index (κ1) is 29.4. The number of carbonyl (C=O) groups is 2. The molecule has 1 aliphatic rings. The first-order valence-corrected chi connectivity index (χ1v) is 14.6. The second-order valence-corrected chi connectivity index (χ2v) is 11.8. The van der Waals surface area contributed by atoms with Gasteiger partial charge in [-0.1, -0.05) is 20.8 Å². The van der Waals surface area contributed by atoms with Gasteiger partial charge in [0, 0.05) is 11.1 Å². The van der Waals surface area contributed by atoms with Crippen molar-refractivity contribution in [2.75, 3.05) is 19.8 Å². The number of nitrogens with zero attached hydrogens (tertiary/aromatic N) is 1. The zero-order chi connectivity index (χ0) is 28.7. The third-order valence-electron chi connectivity index (χ3n) is 6.95. The Labute approximate surface area is 239 Å². The third kappa shape index (κ3) is 7.33. The molecule has 0 saturated heterocycles. The van der Waals surface area contributed by atoms with E-state index < -0.39 is 5.97 Å². The normalized spacial score (nSPS) is 15.1. The standard InChI is InChI=1S/C31H38N2O6S/c1-6-36-25-15-20(10-13-24(25)39-19-27(34)37-7-2)17-33-30-28(29(35)32-18-22-9-8-14-38-22)23-12-11-21(31(3,4)5)16-26(23)40-30/h8-10,13-15,17,21H,6-7,11-12,16,18-19H2,1-5H3,(H,32,35)/t21-/m1/s1. The number of ether oxygens (including phenoxy) is 3. The molecule has 0 unspecified atom stereocenters. The van der Waals surface area contributed by atoms with E-state index in [1.54, 1.807) is 42.9 Å². The number of nitrogens with one attached hydrogen (secondary N) is 1. The number of thiophene rings is 1. The van der Waals surface area contributed by atoms with Crippen LogP contribution in [0.4, 0.5) is 5.00 Å². The lowest BCUT2D eigenvalue weighted by molar-refractivity contribution is -0.145. The van der Waals surface area contributed by atoms with Crippen LogP contribution >= 0.6 is 11.3 Å². The van der Waals surface area contributed by atoms with Crippen molar-refractivity contribution in [3.8, 4) is 11.5 Å². The molecule has 9 heteroatoms. The van der Waals surface area contributed by atoms with E-state index in [-0.39, 0.29) is 17.9 Å². The van der Waals surface area contributed by atoms with E-state index in [2.05, 4.69) is 26.1 Å². The molecule has 4 rings (SSSR count). The number of aliphatic imine (C=N–C) groups is 1. The van der Waals surface area contributed by atoms with Gasteiger partial charge in [0.1, 0.15) is 10.8 Å². The number of esters is 1. The van der Waals surface area contributed by atoms with Gasteiger partial charge in [-0.05, 0) is 85.9 Å². The Morgan fingerprint density at radius 2 is 1.98 bits per heavy atom. The van der Waals surface area contributed by atoms with Crippen LogP contribution in [-0.2, 0) is 28.9 Å². The Bertz CT molecular complexity index is 1340. The lowest BCUT2D eigenvalue weighted by atomic mass is 9.72. The highest BCUT2D eigenvalue weighted by Gasteiger charge is 2.33. The second kappa shape index (κ2) is 13.2. The highest BCUT2D eigenvalue weighted by Crippen LogP contribution is 2.45. The van der Waals surface area contributed by atoms with Crippen LogP contribution in [0.2, 0.25) is 0 Å². The third-order valence-corrected chi connectivity index (χ3v) is 8.11. The second-order valence-electron chi connectivity index (χ2n) is 10.7. The predicted octanol–water partition coefficient (Wildman–Crippen LogP) is 6.51. The monoisotopic (exact) mass is 566 g/mol. The molecule has 0 fully saturated rings. The van der Waals surface area contributed by atoms with Crippen LogP contribution in [0, 0.1) is 11.3 Å². The maximum Gasteiger partial charge on any atom is 0.344 e. The number of amides is 1. The lowest BCUT2D eigenvalue weighted by Crippen LogP contribution is -2.28. The van der Waals surface area contributed by atoms with Crippen molar-refractivity contribution in [1.82, 2.24) is 5.32 Å². The van der Waals surface area contributed by atoms with Gasteiger partial charge >= 0.3 is 5.97 Å². The highest BCUT2D eigenvalue weighted by atomic mass is 32.1. The fourth-order valence-electron chi connectivity index (χ4n) is 4.77. The summed E-state index contributed by atoms with van der Waals surface area (Å²) in [5, 5.41) is 3.70. The Morgan fingerprint density at radius 1 is 1.15 bits per heavy atom. The van der Waals surface area contributed by atoms with Crippen LogP contribution in [0.3, 0.4) is 0 Å². The maximum atomic E-state index is 13.4. The molecule has 214 valence electrons. The molecule has 1 atom stereocenters. The fraction of sp³-hybridized carbons (Fsp3) is 0.452. The average molecular weight is 567 g/mol. The highest BCUT2D eigenvalue weighted by molar-refractivity contribution is 7.16. The van der Waals surface area contributed by atoms with Crippen molar-refractivity contribution < 1.29 is 28.2 Å². The summed E-state index contributed by atoms with van der Waals surface area (Å²) in [4.78, 5) is 31.2. The molecule has 1 amide bonds. The minimum atomic E-state index is -0.441. The topological polar surface area (TPSA) is 99.4 Å². The summed E-state index contributed by atoms with van der Waals surface area (Å²) in [5.41, 5.74) is 2.73. The van der Waals surface area contributed by atoms with Gasteiger partial charge in [-0.25, -0.2) is 9.79 Å². The molecule has 0 aliphatic heterocycles. The van der Waals surface area contributed by atoms with Crippen LogP contribution in [0.15, 0.2) is 46.0 Å². The number of benzene rings is 1. The first-order valence-electron chi connectivity index (χ1n) is 13.7. The van der Waals surface area contributed by atoms with Crippen LogP contribution in [-0.4, -0.2) is 37.9 Å². The Kier molecular flexibility index (Phi) is 9.68. The molecule has 0 spiro atoms. The number of rotatable bonds is 11. The molecule has 0 bridgehead atoms. The number of fused-ring (bicyclic) bond motifs is 1. The molecule has 8 nitrogen and oxygen atoms in total. The summed E-state index contributed by atoms with van der Waals surface area (Å²) < 4.78 is 21.7. The summed E-state index contributed by atoms with van der Waals surface area (Å²) in [6.07, 6.45) is 6.17. The molecule has 3 aromatic rings. The van der Waals surface area contributed by atoms with Gasteiger partial charge in [-0.2, -0.15) is 0 Å². The van der Waals surface area contributed by atoms with Crippen LogP contribution in [0.1, 0.15) is 73.2 Å². The van der Waals surface area contributed by atoms with Gasteiger partial charge in [-0.3, -0.25) is 4.79 Å². The molecule has 0 radical (unpaired) electrons. The smallest absolute Gasteiger partial charge is 0.344 e. The molecule has 2 aromatic heterocycles. The molecule has 1 aliphatic carbocycles. The summed E-state index contributed by atoms with van der Waals surface area (Å²) in [7, 11) is 0. The Hall–Kier alpha value is -3.59. The van der Waals surface area contributed by atoms with E-state index in [9.17, 15) is 9.59 Å². The van der Waals surface area contributed by atoms with E-state index >= 15 is 0 Å². The quantitative estimate of drug-likeness (QED) is 0.210. The molecule has 2 heterocycles. The molecule has 1 aromatic carbocycles. The number of carbonyl (C=O) groups excluding carboxylic acids is 2. The van der Waals surface area contributed by atoms with Crippen molar-refractivity contribution in [2.45, 2.75) is 60.4 Å². The van der Waals surface area contributed by atoms with E-state index in [1.165, 1.54) is 4.88 Å².